The van der Waals surface area contributed by atoms with E-state index in [0.717, 1.165) is 6.07 Å². The Hall–Kier alpha value is -1.30. The topological polar surface area (TPSA) is 30.0 Å². The zero-order valence-electron chi connectivity index (χ0n) is 10.0. The summed E-state index contributed by atoms with van der Waals surface area (Å²) in [6.45, 7) is 0. The Morgan fingerprint density at radius 2 is 1.67 bits per heavy atom. The van der Waals surface area contributed by atoms with Crippen LogP contribution < -0.4 is 0 Å². The Morgan fingerprint density at radius 3 is 2.24 bits per heavy atom. The van der Waals surface area contributed by atoms with Crippen molar-refractivity contribution in [1.29, 1.82) is 0 Å². The minimum atomic E-state index is -4.70. The lowest BCUT2D eigenvalue weighted by molar-refractivity contribution is -0.141. The molecule has 0 fully saturated rings. The number of benzene rings is 1. The van der Waals surface area contributed by atoms with Crippen molar-refractivity contribution in [1.82, 2.24) is 4.98 Å². The molecular weight excluding hydrogens is 350 g/mol. The van der Waals surface area contributed by atoms with E-state index in [1.165, 1.54) is 12.1 Å². The number of aldehydes is 1. The van der Waals surface area contributed by atoms with Gasteiger partial charge in [0.15, 0.2) is 0 Å². The summed E-state index contributed by atoms with van der Waals surface area (Å²) in [6.07, 6.45) is -4.42. The zero-order chi connectivity index (χ0) is 15.8. The third kappa shape index (κ3) is 3.31. The Balaban J connectivity index is 2.76. The fraction of sp³-hybridized carbons (Fsp3) is 0.0769. The van der Waals surface area contributed by atoms with Gasteiger partial charge in [0.05, 0.1) is 20.8 Å². The summed E-state index contributed by atoms with van der Waals surface area (Å²) in [6, 6.07) is 4.59. The van der Waals surface area contributed by atoms with Crippen LogP contribution in [0.4, 0.5) is 13.2 Å². The second-order valence-corrected chi connectivity index (χ2v) is 5.20. The van der Waals surface area contributed by atoms with Gasteiger partial charge in [-0.3, -0.25) is 4.79 Å². The highest BCUT2D eigenvalue weighted by Crippen LogP contribution is 2.39. The number of pyridine rings is 1. The number of carbonyl (C=O) groups is 1. The van der Waals surface area contributed by atoms with Crippen molar-refractivity contribution in [3.63, 3.8) is 0 Å². The SMILES string of the molecule is O=Cc1cc(-c2c(Cl)ccc(Cl)c2Cl)nc(C(F)(F)F)c1. The van der Waals surface area contributed by atoms with Gasteiger partial charge in [-0.25, -0.2) is 4.98 Å². The molecule has 1 aromatic heterocycles. The molecule has 1 heterocycles. The molecule has 2 nitrogen and oxygen atoms in total. The average molecular weight is 355 g/mol. The van der Waals surface area contributed by atoms with Crippen LogP contribution in [0.25, 0.3) is 11.3 Å². The van der Waals surface area contributed by atoms with Crippen molar-refractivity contribution in [2.24, 2.45) is 0 Å². The van der Waals surface area contributed by atoms with Crippen LogP contribution in [0.15, 0.2) is 24.3 Å². The summed E-state index contributed by atoms with van der Waals surface area (Å²) in [5.41, 5.74) is -1.54. The number of hydrogen-bond donors (Lipinski definition) is 0. The highest BCUT2D eigenvalue weighted by atomic mass is 35.5. The molecule has 0 saturated heterocycles. The van der Waals surface area contributed by atoms with E-state index in [1.807, 2.05) is 0 Å². The van der Waals surface area contributed by atoms with Crippen LogP contribution in [0.1, 0.15) is 16.1 Å². The molecule has 2 aromatic rings. The molecule has 0 atom stereocenters. The Morgan fingerprint density at radius 1 is 1.05 bits per heavy atom. The Bertz CT molecular complexity index is 717. The molecule has 2 rings (SSSR count). The third-order valence-corrected chi connectivity index (χ3v) is 3.69. The fourth-order valence-corrected chi connectivity index (χ4v) is 2.38. The third-order valence-electron chi connectivity index (χ3n) is 2.57. The molecule has 0 amide bonds. The van der Waals surface area contributed by atoms with Crippen LogP contribution in [0.2, 0.25) is 15.1 Å². The van der Waals surface area contributed by atoms with Gasteiger partial charge in [-0.15, -0.1) is 0 Å². The molecule has 1 aromatic carbocycles. The molecule has 0 aliphatic rings. The average Bonchev–Trinajstić information content (AvgIpc) is 2.42. The summed E-state index contributed by atoms with van der Waals surface area (Å²) >= 11 is 17.7. The zero-order valence-corrected chi connectivity index (χ0v) is 12.3. The molecule has 0 unspecified atom stereocenters. The number of alkyl halides is 3. The van der Waals surface area contributed by atoms with Crippen molar-refractivity contribution in [3.05, 3.63) is 50.6 Å². The van der Waals surface area contributed by atoms with E-state index in [2.05, 4.69) is 4.98 Å². The molecule has 0 aliphatic carbocycles. The van der Waals surface area contributed by atoms with Gasteiger partial charge in [0, 0.05) is 11.1 Å². The highest BCUT2D eigenvalue weighted by Gasteiger charge is 2.33. The molecule has 0 N–H and O–H groups in total. The van der Waals surface area contributed by atoms with E-state index in [-0.39, 0.29) is 38.2 Å². The van der Waals surface area contributed by atoms with E-state index in [1.54, 1.807) is 0 Å². The van der Waals surface area contributed by atoms with Crippen LogP contribution in [0, 0.1) is 0 Å². The van der Waals surface area contributed by atoms with E-state index < -0.39 is 11.9 Å². The van der Waals surface area contributed by atoms with Gasteiger partial charge in [-0.1, -0.05) is 34.8 Å². The molecule has 21 heavy (non-hydrogen) atoms. The lowest BCUT2D eigenvalue weighted by Crippen LogP contribution is -2.09. The summed E-state index contributed by atoms with van der Waals surface area (Å²) in [5.74, 6) is 0. The van der Waals surface area contributed by atoms with Gasteiger partial charge in [0.25, 0.3) is 0 Å². The van der Waals surface area contributed by atoms with E-state index >= 15 is 0 Å². The number of nitrogens with zero attached hydrogens (tertiary/aromatic N) is 1. The van der Waals surface area contributed by atoms with Crippen LogP contribution >= 0.6 is 34.8 Å². The first-order chi connectivity index (χ1) is 9.74. The Labute approximate surface area is 132 Å². The van der Waals surface area contributed by atoms with E-state index in [9.17, 15) is 18.0 Å². The van der Waals surface area contributed by atoms with Gasteiger partial charge in [0.2, 0.25) is 0 Å². The van der Waals surface area contributed by atoms with Crippen molar-refractivity contribution in [2.75, 3.05) is 0 Å². The second-order valence-electron chi connectivity index (χ2n) is 4.00. The van der Waals surface area contributed by atoms with Crippen molar-refractivity contribution in [2.45, 2.75) is 6.18 Å². The summed E-state index contributed by atoms with van der Waals surface area (Å²) < 4.78 is 38.4. The van der Waals surface area contributed by atoms with Crippen LogP contribution in [-0.2, 0) is 6.18 Å². The molecule has 0 bridgehead atoms. The molecular formula is C13H5Cl3F3NO. The largest absolute Gasteiger partial charge is 0.433 e. The summed E-state index contributed by atoms with van der Waals surface area (Å²) in [4.78, 5) is 14.3. The normalized spacial score (nSPS) is 11.5. The van der Waals surface area contributed by atoms with Crippen molar-refractivity contribution < 1.29 is 18.0 Å². The molecule has 110 valence electrons. The second kappa shape index (κ2) is 5.83. The number of rotatable bonds is 2. The van der Waals surface area contributed by atoms with Gasteiger partial charge < -0.3 is 0 Å². The summed E-state index contributed by atoms with van der Waals surface area (Å²) in [5, 5.41) is 0.156. The maximum absolute atomic E-state index is 12.8. The maximum atomic E-state index is 12.8. The highest BCUT2D eigenvalue weighted by molar-refractivity contribution is 6.46. The predicted molar refractivity (Wildman–Crippen MR) is 75.1 cm³/mol. The maximum Gasteiger partial charge on any atom is 0.433 e. The number of carbonyl (C=O) groups excluding carboxylic acids is 1. The van der Waals surface area contributed by atoms with Gasteiger partial charge >= 0.3 is 6.18 Å². The van der Waals surface area contributed by atoms with Crippen molar-refractivity contribution in [3.8, 4) is 11.3 Å². The van der Waals surface area contributed by atoms with Gasteiger partial charge in [0.1, 0.15) is 12.0 Å². The minimum Gasteiger partial charge on any atom is -0.298 e. The molecule has 0 saturated carbocycles. The fourth-order valence-electron chi connectivity index (χ4n) is 1.65. The van der Waals surface area contributed by atoms with E-state index in [0.29, 0.717) is 6.07 Å². The van der Waals surface area contributed by atoms with Gasteiger partial charge in [-0.2, -0.15) is 13.2 Å². The number of hydrogen-bond acceptors (Lipinski definition) is 2. The number of aromatic nitrogens is 1. The first kappa shape index (κ1) is 16.1. The lowest BCUT2D eigenvalue weighted by Gasteiger charge is -2.12. The lowest BCUT2D eigenvalue weighted by atomic mass is 10.1. The van der Waals surface area contributed by atoms with Crippen LogP contribution in [0.3, 0.4) is 0 Å². The van der Waals surface area contributed by atoms with Crippen LogP contribution in [-0.4, -0.2) is 11.3 Å². The smallest absolute Gasteiger partial charge is 0.298 e. The molecule has 8 heteroatoms. The Kier molecular flexibility index (Phi) is 4.46. The molecule has 0 spiro atoms. The molecule has 0 radical (unpaired) electrons. The standard InChI is InChI=1S/C13H5Cl3F3NO/c14-7-1-2-8(15)12(16)11(7)9-3-6(5-21)4-10(20-9)13(17,18)19/h1-5H. The monoisotopic (exact) mass is 353 g/mol. The quantitative estimate of drug-likeness (QED) is 0.523. The summed E-state index contributed by atoms with van der Waals surface area (Å²) in [7, 11) is 0. The van der Waals surface area contributed by atoms with Crippen molar-refractivity contribution >= 4 is 41.1 Å². The molecule has 0 aliphatic heterocycles. The number of halogens is 6. The van der Waals surface area contributed by atoms with E-state index in [4.69, 9.17) is 34.8 Å². The first-order valence-corrected chi connectivity index (χ1v) is 6.55. The first-order valence-electron chi connectivity index (χ1n) is 5.42. The van der Waals surface area contributed by atoms with Gasteiger partial charge in [-0.05, 0) is 24.3 Å². The minimum absolute atomic E-state index is 0.0344. The predicted octanol–water partition coefficient (Wildman–Crippen LogP) is 5.54. The van der Waals surface area contributed by atoms with Crippen LogP contribution in [0.5, 0.6) is 0 Å².